The SMILES string of the molecule is O=C(CBr)N(Cc1ccccc1)C1CCOC1. The molecule has 0 N–H and O–H groups in total. The topological polar surface area (TPSA) is 29.5 Å². The van der Waals surface area contributed by atoms with Crippen molar-refractivity contribution in [3.05, 3.63) is 35.9 Å². The van der Waals surface area contributed by atoms with E-state index in [9.17, 15) is 4.79 Å². The highest BCUT2D eigenvalue weighted by atomic mass is 79.9. The Labute approximate surface area is 110 Å². The van der Waals surface area contributed by atoms with Crippen molar-refractivity contribution in [1.82, 2.24) is 4.90 Å². The van der Waals surface area contributed by atoms with E-state index in [-0.39, 0.29) is 11.9 Å². The Bertz CT molecular complexity index is 363. The van der Waals surface area contributed by atoms with Gasteiger partial charge in [-0.15, -0.1) is 0 Å². The molecular weight excluding hydrogens is 282 g/mol. The Morgan fingerprint density at radius 2 is 2.18 bits per heavy atom. The van der Waals surface area contributed by atoms with E-state index in [0.717, 1.165) is 18.6 Å². The molecule has 1 unspecified atom stereocenters. The molecule has 1 fully saturated rings. The van der Waals surface area contributed by atoms with Crippen LogP contribution in [0.15, 0.2) is 30.3 Å². The van der Waals surface area contributed by atoms with Crippen LogP contribution in [0.25, 0.3) is 0 Å². The van der Waals surface area contributed by atoms with Crippen LogP contribution >= 0.6 is 15.9 Å². The van der Waals surface area contributed by atoms with E-state index >= 15 is 0 Å². The fraction of sp³-hybridized carbons (Fsp3) is 0.462. The summed E-state index contributed by atoms with van der Waals surface area (Å²) in [6.45, 7) is 2.08. The number of rotatable bonds is 4. The van der Waals surface area contributed by atoms with Crippen LogP contribution in [0.3, 0.4) is 0 Å². The molecule has 4 heteroatoms. The molecule has 1 atom stereocenters. The number of hydrogen-bond acceptors (Lipinski definition) is 2. The Morgan fingerprint density at radius 1 is 1.41 bits per heavy atom. The predicted octanol–water partition coefficient (Wildman–Crippen LogP) is 2.20. The van der Waals surface area contributed by atoms with E-state index < -0.39 is 0 Å². The molecular formula is C13H16BrNO2. The van der Waals surface area contributed by atoms with Gasteiger partial charge in [-0.1, -0.05) is 46.3 Å². The summed E-state index contributed by atoms with van der Waals surface area (Å²) < 4.78 is 5.36. The lowest BCUT2D eigenvalue weighted by Gasteiger charge is -2.27. The van der Waals surface area contributed by atoms with Crippen molar-refractivity contribution in [1.29, 1.82) is 0 Å². The van der Waals surface area contributed by atoms with Crippen LogP contribution in [0.4, 0.5) is 0 Å². The van der Waals surface area contributed by atoms with Crippen molar-refractivity contribution in [2.24, 2.45) is 0 Å². The minimum absolute atomic E-state index is 0.129. The molecule has 0 aliphatic carbocycles. The van der Waals surface area contributed by atoms with Gasteiger partial charge in [0.1, 0.15) is 0 Å². The fourth-order valence-electron chi connectivity index (χ4n) is 2.05. The molecule has 2 rings (SSSR count). The first-order valence-electron chi connectivity index (χ1n) is 5.78. The van der Waals surface area contributed by atoms with Crippen LogP contribution < -0.4 is 0 Å². The van der Waals surface area contributed by atoms with Crippen LogP contribution in [0.1, 0.15) is 12.0 Å². The zero-order valence-electron chi connectivity index (χ0n) is 9.64. The lowest BCUT2D eigenvalue weighted by atomic mass is 10.1. The second kappa shape index (κ2) is 6.17. The van der Waals surface area contributed by atoms with Crippen LogP contribution in [0.2, 0.25) is 0 Å². The van der Waals surface area contributed by atoms with Crippen molar-refractivity contribution < 1.29 is 9.53 Å². The molecule has 1 aromatic carbocycles. The standard InChI is InChI=1S/C13H16BrNO2/c14-8-13(16)15(12-6-7-17-10-12)9-11-4-2-1-3-5-11/h1-5,12H,6-10H2. The number of carbonyl (C=O) groups excluding carboxylic acids is 1. The number of carbonyl (C=O) groups is 1. The van der Waals surface area contributed by atoms with Crippen LogP contribution in [-0.4, -0.2) is 35.4 Å². The molecule has 92 valence electrons. The molecule has 0 aromatic heterocycles. The first-order chi connectivity index (χ1) is 8.31. The number of alkyl halides is 1. The van der Waals surface area contributed by atoms with Gasteiger partial charge < -0.3 is 9.64 Å². The highest BCUT2D eigenvalue weighted by Crippen LogP contribution is 2.16. The van der Waals surface area contributed by atoms with Crippen molar-refractivity contribution in [3.8, 4) is 0 Å². The maximum atomic E-state index is 11.9. The summed E-state index contributed by atoms with van der Waals surface area (Å²) in [6, 6.07) is 10.3. The Kier molecular flexibility index (Phi) is 4.57. The summed E-state index contributed by atoms with van der Waals surface area (Å²) in [5.74, 6) is 0.129. The van der Waals surface area contributed by atoms with Crippen LogP contribution in [0.5, 0.6) is 0 Å². The normalized spacial score (nSPS) is 19.2. The molecule has 1 heterocycles. The van der Waals surface area contributed by atoms with Crippen LogP contribution in [0, 0.1) is 0 Å². The van der Waals surface area contributed by atoms with Crippen molar-refractivity contribution in [3.63, 3.8) is 0 Å². The van der Waals surface area contributed by atoms with Gasteiger partial charge in [0.15, 0.2) is 0 Å². The van der Waals surface area contributed by atoms with Crippen molar-refractivity contribution in [2.75, 3.05) is 18.5 Å². The fourth-order valence-corrected chi connectivity index (χ4v) is 2.37. The minimum atomic E-state index is 0.129. The summed E-state index contributed by atoms with van der Waals surface area (Å²) in [7, 11) is 0. The molecule has 1 aliphatic heterocycles. The first-order valence-corrected chi connectivity index (χ1v) is 6.90. The van der Waals surface area contributed by atoms with E-state index in [0.29, 0.717) is 18.5 Å². The molecule has 0 radical (unpaired) electrons. The quantitative estimate of drug-likeness (QED) is 0.798. The predicted molar refractivity (Wildman–Crippen MR) is 70.0 cm³/mol. The largest absolute Gasteiger partial charge is 0.379 e. The zero-order chi connectivity index (χ0) is 12.1. The molecule has 17 heavy (non-hydrogen) atoms. The van der Waals surface area contributed by atoms with Gasteiger partial charge >= 0.3 is 0 Å². The number of halogens is 1. The molecule has 0 saturated carbocycles. The Morgan fingerprint density at radius 3 is 2.76 bits per heavy atom. The van der Waals surface area contributed by atoms with Crippen molar-refractivity contribution >= 4 is 21.8 Å². The summed E-state index contributed by atoms with van der Waals surface area (Å²) in [5.41, 5.74) is 1.16. The number of ether oxygens (including phenoxy) is 1. The number of benzene rings is 1. The van der Waals surface area contributed by atoms with Gasteiger partial charge in [0.2, 0.25) is 5.91 Å². The van der Waals surface area contributed by atoms with E-state index in [4.69, 9.17) is 4.74 Å². The van der Waals surface area contributed by atoms with Crippen molar-refractivity contribution in [2.45, 2.75) is 19.0 Å². The van der Waals surface area contributed by atoms with Gasteiger partial charge in [-0.05, 0) is 12.0 Å². The van der Waals surface area contributed by atoms with E-state index in [1.807, 2.05) is 35.2 Å². The molecule has 1 aromatic rings. The lowest BCUT2D eigenvalue weighted by molar-refractivity contribution is -0.131. The third kappa shape index (κ3) is 3.30. The van der Waals surface area contributed by atoms with Gasteiger partial charge in [0.25, 0.3) is 0 Å². The van der Waals surface area contributed by atoms with E-state index in [1.54, 1.807) is 0 Å². The van der Waals surface area contributed by atoms with Crippen LogP contribution in [-0.2, 0) is 16.1 Å². The summed E-state index contributed by atoms with van der Waals surface area (Å²) in [4.78, 5) is 13.8. The highest BCUT2D eigenvalue weighted by molar-refractivity contribution is 9.09. The van der Waals surface area contributed by atoms with E-state index in [1.165, 1.54) is 0 Å². The lowest BCUT2D eigenvalue weighted by Crippen LogP contribution is -2.40. The molecule has 3 nitrogen and oxygen atoms in total. The molecule has 1 amide bonds. The highest BCUT2D eigenvalue weighted by Gasteiger charge is 2.26. The maximum Gasteiger partial charge on any atom is 0.233 e. The van der Waals surface area contributed by atoms with Gasteiger partial charge in [-0.2, -0.15) is 0 Å². The van der Waals surface area contributed by atoms with Gasteiger partial charge in [-0.3, -0.25) is 4.79 Å². The monoisotopic (exact) mass is 297 g/mol. The number of amides is 1. The third-order valence-corrected chi connectivity index (χ3v) is 3.46. The number of hydrogen-bond donors (Lipinski definition) is 0. The number of nitrogens with zero attached hydrogens (tertiary/aromatic N) is 1. The summed E-state index contributed by atoms with van der Waals surface area (Å²) in [5, 5.41) is 0.371. The second-order valence-corrected chi connectivity index (χ2v) is 4.72. The van der Waals surface area contributed by atoms with Gasteiger partial charge in [0.05, 0.1) is 18.0 Å². The Hall–Kier alpha value is -0.870. The third-order valence-electron chi connectivity index (χ3n) is 2.98. The zero-order valence-corrected chi connectivity index (χ0v) is 11.2. The molecule has 0 bridgehead atoms. The maximum absolute atomic E-state index is 11.9. The average molecular weight is 298 g/mol. The minimum Gasteiger partial charge on any atom is -0.379 e. The summed E-state index contributed by atoms with van der Waals surface area (Å²) in [6.07, 6.45) is 0.936. The average Bonchev–Trinajstić information content (AvgIpc) is 2.90. The van der Waals surface area contributed by atoms with Gasteiger partial charge in [-0.25, -0.2) is 0 Å². The molecule has 1 saturated heterocycles. The smallest absolute Gasteiger partial charge is 0.233 e. The summed E-state index contributed by atoms with van der Waals surface area (Å²) >= 11 is 3.24. The first kappa shape index (κ1) is 12.6. The Balaban J connectivity index is 2.07. The molecule has 1 aliphatic rings. The molecule has 0 spiro atoms. The second-order valence-electron chi connectivity index (χ2n) is 4.16. The van der Waals surface area contributed by atoms with E-state index in [2.05, 4.69) is 15.9 Å². The van der Waals surface area contributed by atoms with Gasteiger partial charge in [0, 0.05) is 13.2 Å².